The van der Waals surface area contributed by atoms with Gasteiger partial charge < -0.3 is 24.5 Å². The van der Waals surface area contributed by atoms with Crippen molar-refractivity contribution >= 4 is 18.0 Å². The van der Waals surface area contributed by atoms with E-state index < -0.39 is 0 Å². The summed E-state index contributed by atoms with van der Waals surface area (Å²) >= 11 is 5.13. The number of hydrogen-bond acceptors (Lipinski definition) is 6. The first-order valence-electron chi connectivity index (χ1n) is 6.46. The van der Waals surface area contributed by atoms with Crippen molar-refractivity contribution in [3.8, 4) is 11.5 Å². The molecule has 0 atom stereocenters. The predicted octanol–water partition coefficient (Wildman–Crippen LogP) is 2.63. The lowest BCUT2D eigenvalue weighted by Crippen LogP contribution is -2.05. The Morgan fingerprint density at radius 3 is 3.05 bits per heavy atom. The van der Waals surface area contributed by atoms with Crippen LogP contribution in [0.25, 0.3) is 0 Å². The Hall–Kier alpha value is -2.12. The minimum absolute atomic E-state index is 0.282. The number of anilines is 1. The van der Waals surface area contributed by atoms with E-state index in [0.29, 0.717) is 23.6 Å². The molecule has 1 aliphatic rings. The van der Waals surface area contributed by atoms with Gasteiger partial charge in [-0.15, -0.1) is 0 Å². The molecule has 0 unspecified atom stereocenters. The first-order chi connectivity index (χ1) is 10.2. The number of benzene rings is 1. The van der Waals surface area contributed by atoms with Crippen molar-refractivity contribution in [3.63, 3.8) is 0 Å². The molecule has 0 radical (unpaired) electrons. The van der Waals surface area contributed by atoms with Crippen LogP contribution in [0.4, 0.5) is 5.82 Å². The Kier molecular flexibility index (Phi) is 4.03. The van der Waals surface area contributed by atoms with Crippen LogP contribution in [0.5, 0.6) is 11.5 Å². The number of fused-ring (bicyclic) bond motifs is 1. The zero-order chi connectivity index (χ0) is 14.7. The highest BCUT2D eigenvalue weighted by Gasteiger charge is 2.12. The summed E-state index contributed by atoms with van der Waals surface area (Å²) in [5.41, 5.74) is 1.09. The van der Waals surface area contributed by atoms with E-state index in [9.17, 15) is 0 Å². The van der Waals surface area contributed by atoms with Crippen LogP contribution in [0.1, 0.15) is 11.4 Å². The molecule has 0 fully saturated rings. The van der Waals surface area contributed by atoms with Crippen molar-refractivity contribution in [1.82, 2.24) is 9.97 Å². The maximum absolute atomic E-state index is 5.36. The number of nitrogens with zero attached hydrogens (tertiary/aromatic N) is 1. The summed E-state index contributed by atoms with van der Waals surface area (Å²) in [5, 5.41) is 3.28. The number of hydrogen-bond donors (Lipinski definition) is 2. The molecule has 21 heavy (non-hydrogen) atoms. The number of H-pyrrole nitrogens is 1. The topological polar surface area (TPSA) is 68.4 Å². The number of ether oxygens (including phenoxy) is 3. The summed E-state index contributed by atoms with van der Waals surface area (Å²) in [7, 11) is 1.62. The van der Waals surface area contributed by atoms with Gasteiger partial charge in [-0.3, -0.25) is 0 Å². The minimum Gasteiger partial charge on any atom is -0.454 e. The van der Waals surface area contributed by atoms with Crippen LogP contribution in [0, 0.1) is 4.64 Å². The van der Waals surface area contributed by atoms with Crippen LogP contribution in [0.3, 0.4) is 0 Å². The third-order valence-corrected chi connectivity index (χ3v) is 3.20. The minimum atomic E-state index is 0.282. The molecule has 0 saturated heterocycles. The molecule has 2 heterocycles. The average Bonchev–Trinajstić information content (AvgIpc) is 2.92. The van der Waals surface area contributed by atoms with E-state index >= 15 is 0 Å². The summed E-state index contributed by atoms with van der Waals surface area (Å²) in [6.45, 7) is 1.31. The third-order valence-electron chi connectivity index (χ3n) is 2.99. The lowest BCUT2D eigenvalue weighted by Gasteiger charge is -2.09. The van der Waals surface area contributed by atoms with E-state index in [1.807, 2.05) is 18.2 Å². The summed E-state index contributed by atoms with van der Waals surface area (Å²) < 4.78 is 16.2. The highest BCUT2D eigenvalue weighted by atomic mass is 32.1. The van der Waals surface area contributed by atoms with Gasteiger partial charge in [0.15, 0.2) is 11.5 Å². The second-order valence-corrected chi connectivity index (χ2v) is 4.97. The molecule has 0 spiro atoms. The second-order valence-electron chi connectivity index (χ2n) is 4.55. The number of nitrogens with one attached hydrogen (secondary N) is 2. The molecule has 0 saturated carbocycles. The fourth-order valence-corrected chi connectivity index (χ4v) is 2.28. The molecule has 1 aromatic heterocycles. The summed E-state index contributed by atoms with van der Waals surface area (Å²) in [4.78, 5) is 7.32. The molecular formula is C14H15N3O3S. The van der Waals surface area contributed by atoms with Gasteiger partial charge in [-0.25, -0.2) is 4.98 Å². The SMILES string of the molecule is COCc1nc(=S)cc(NCc2ccc3c(c2)OCO3)[nH]1. The van der Waals surface area contributed by atoms with Crippen LogP contribution in [-0.2, 0) is 17.9 Å². The molecule has 0 amide bonds. The van der Waals surface area contributed by atoms with E-state index in [-0.39, 0.29) is 6.79 Å². The van der Waals surface area contributed by atoms with Crippen LogP contribution in [0.2, 0.25) is 0 Å². The molecule has 1 aliphatic heterocycles. The van der Waals surface area contributed by atoms with E-state index in [2.05, 4.69) is 15.3 Å². The summed E-state index contributed by atoms with van der Waals surface area (Å²) in [5.74, 6) is 3.05. The van der Waals surface area contributed by atoms with Gasteiger partial charge in [-0.1, -0.05) is 18.3 Å². The largest absolute Gasteiger partial charge is 0.454 e. The summed E-state index contributed by atoms with van der Waals surface area (Å²) in [6.07, 6.45) is 0. The molecule has 6 nitrogen and oxygen atoms in total. The quantitative estimate of drug-likeness (QED) is 0.828. The highest BCUT2D eigenvalue weighted by Crippen LogP contribution is 2.32. The first kappa shape index (κ1) is 13.8. The van der Waals surface area contributed by atoms with Crippen LogP contribution < -0.4 is 14.8 Å². The number of aromatic nitrogens is 2. The molecule has 110 valence electrons. The molecule has 0 bridgehead atoms. The van der Waals surface area contributed by atoms with Crippen LogP contribution in [0.15, 0.2) is 24.3 Å². The fraction of sp³-hybridized carbons (Fsp3) is 0.286. The molecule has 1 aromatic carbocycles. The van der Waals surface area contributed by atoms with Crippen molar-refractivity contribution in [2.45, 2.75) is 13.2 Å². The summed E-state index contributed by atoms with van der Waals surface area (Å²) in [6, 6.07) is 7.64. The van der Waals surface area contributed by atoms with Gasteiger partial charge in [-0.05, 0) is 17.7 Å². The monoisotopic (exact) mass is 305 g/mol. The van der Waals surface area contributed by atoms with Crippen molar-refractivity contribution in [2.75, 3.05) is 19.2 Å². The number of methoxy groups -OCH3 is 1. The van der Waals surface area contributed by atoms with Gasteiger partial charge in [0.05, 0.1) is 0 Å². The Morgan fingerprint density at radius 1 is 1.33 bits per heavy atom. The lowest BCUT2D eigenvalue weighted by molar-refractivity contribution is 0.174. The van der Waals surface area contributed by atoms with Crippen LogP contribution >= 0.6 is 12.2 Å². The van der Waals surface area contributed by atoms with Gasteiger partial charge in [-0.2, -0.15) is 0 Å². The third kappa shape index (κ3) is 3.32. The lowest BCUT2D eigenvalue weighted by atomic mass is 10.2. The van der Waals surface area contributed by atoms with Crippen molar-refractivity contribution in [3.05, 3.63) is 40.3 Å². The Labute approximate surface area is 127 Å². The van der Waals surface area contributed by atoms with Crippen molar-refractivity contribution in [1.29, 1.82) is 0 Å². The van der Waals surface area contributed by atoms with E-state index in [1.54, 1.807) is 13.2 Å². The maximum atomic E-state index is 5.36. The number of rotatable bonds is 5. The Bertz CT molecular complexity index is 702. The zero-order valence-corrected chi connectivity index (χ0v) is 12.3. The fourth-order valence-electron chi connectivity index (χ4n) is 2.06. The van der Waals surface area contributed by atoms with Crippen LogP contribution in [-0.4, -0.2) is 23.9 Å². The molecule has 0 aliphatic carbocycles. The average molecular weight is 305 g/mol. The molecule has 2 N–H and O–H groups in total. The highest BCUT2D eigenvalue weighted by molar-refractivity contribution is 7.71. The standard InChI is InChI=1S/C14H15N3O3S/c1-18-7-13-16-12(5-14(21)17-13)15-6-9-2-3-10-11(4-9)20-8-19-10/h2-5H,6-8H2,1H3,(H2,15,16,17,21). The van der Waals surface area contributed by atoms with Gasteiger partial charge >= 0.3 is 0 Å². The molecule has 7 heteroatoms. The van der Waals surface area contributed by atoms with E-state index in [1.165, 1.54) is 0 Å². The molecular weight excluding hydrogens is 290 g/mol. The van der Waals surface area contributed by atoms with Crippen molar-refractivity contribution in [2.24, 2.45) is 0 Å². The predicted molar refractivity (Wildman–Crippen MR) is 80.0 cm³/mol. The van der Waals surface area contributed by atoms with Gasteiger partial charge in [0, 0.05) is 19.7 Å². The Morgan fingerprint density at radius 2 is 2.19 bits per heavy atom. The maximum Gasteiger partial charge on any atom is 0.231 e. The molecule has 3 rings (SSSR count). The first-order valence-corrected chi connectivity index (χ1v) is 6.87. The normalized spacial score (nSPS) is 12.4. The smallest absolute Gasteiger partial charge is 0.231 e. The molecule has 2 aromatic rings. The zero-order valence-electron chi connectivity index (χ0n) is 11.5. The van der Waals surface area contributed by atoms with E-state index in [0.717, 1.165) is 22.9 Å². The van der Waals surface area contributed by atoms with Gasteiger partial charge in [0.1, 0.15) is 22.9 Å². The Balaban J connectivity index is 1.71. The van der Waals surface area contributed by atoms with Gasteiger partial charge in [0.2, 0.25) is 6.79 Å². The second kappa shape index (κ2) is 6.11. The van der Waals surface area contributed by atoms with E-state index in [4.69, 9.17) is 26.4 Å². The van der Waals surface area contributed by atoms with Crippen molar-refractivity contribution < 1.29 is 14.2 Å². The number of aromatic amines is 1. The van der Waals surface area contributed by atoms with Gasteiger partial charge in [0.25, 0.3) is 0 Å².